The van der Waals surface area contributed by atoms with Gasteiger partial charge in [-0.1, -0.05) is 30.3 Å². The molecule has 0 bridgehead atoms. The van der Waals surface area contributed by atoms with Gasteiger partial charge < -0.3 is 10.2 Å². The highest BCUT2D eigenvalue weighted by molar-refractivity contribution is 5.79. The molecule has 4 rings (SSSR count). The summed E-state index contributed by atoms with van der Waals surface area (Å²) in [5, 5.41) is 11.8. The lowest BCUT2D eigenvalue weighted by atomic mass is 9.97. The third kappa shape index (κ3) is 4.62. The van der Waals surface area contributed by atoms with E-state index in [9.17, 15) is 4.79 Å². The third-order valence-corrected chi connectivity index (χ3v) is 5.38. The topological polar surface area (TPSA) is 75.9 Å². The average molecular weight is 390 g/mol. The fraction of sp³-hybridized carbons (Fsp3) is 0.364. The van der Waals surface area contributed by atoms with Crippen LogP contribution < -0.4 is 10.2 Å². The van der Waals surface area contributed by atoms with Crippen LogP contribution >= 0.6 is 0 Å². The van der Waals surface area contributed by atoms with Crippen molar-refractivity contribution >= 4 is 11.7 Å². The van der Waals surface area contributed by atoms with Crippen LogP contribution in [-0.2, 0) is 11.2 Å². The molecule has 2 aromatic heterocycles. The van der Waals surface area contributed by atoms with Gasteiger partial charge in [0.1, 0.15) is 5.82 Å². The Balaban J connectivity index is 1.33. The van der Waals surface area contributed by atoms with Crippen molar-refractivity contribution in [3.8, 4) is 5.82 Å². The molecule has 1 aromatic carbocycles. The molecular weight excluding hydrogens is 364 g/mol. The van der Waals surface area contributed by atoms with E-state index in [-0.39, 0.29) is 11.8 Å². The van der Waals surface area contributed by atoms with Crippen molar-refractivity contribution < 1.29 is 4.79 Å². The van der Waals surface area contributed by atoms with Crippen LogP contribution in [0, 0.1) is 12.8 Å². The van der Waals surface area contributed by atoms with Crippen molar-refractivity contribution in [3.05, 3.63) is 66.2 Å². The van der Waals surface area contributed by atoms with Crippen molar-refractivity contribution in [1.82, 2.24) is 25.1 Å². The number of imidazole rings is 1. The molecule has 1 amide bonds. The lowest BCUT2D eigenvalue weighted by Crippen LogP contribution is -2.43. The van der Waals surface area contributed by atoms with Crippen LogP contribution in [0.1, 0.15) is 24.2 Å². The van der Waals surface area contributed by atoms with E-state index < -0.39 is 0 Å². The molecule has 1 N–H and O–H groups in total. The maximum absolute atomic E-state index is 12.6. The Morgan fingerprint density at radius 2 is 1.93 bits per heavy atom. The fourth-order valence-electron chi connectivity index (χ4n) is 3.75. The Morgan fingerprint density at radius 1 is 1.14 bits per heavy atom. The lowest BCUT2D eigenvalue weighted by molar-refractivity contribution is -0.125. The predicted octanol–water partition coefficient (Wildman–Crippen LogP) is 2.55. The first-order chi connectivity index (χ1) is 14.2. The molecular formula is C22H26N6O. The maximum Gasteiger partial charge on any atom is 0.224 e. The maximum atomic E-state index is 12.6. The Morgan fingerprint density at radius 3 is 2.66 bits per heavy atom. The summed E-state index contributed by atoms with van der Waals surface area (Å²) in [4.78, 5) is 19.0. The minimum atomic E-state index is -0.0168. The predicted molar refractivity (Wildman–Crippen MR) is 112 cm³/mol. The van der Waals surface area contributed by atoms with Gasteiger partial charge in [0, 0.05) is 32.0 Å². The molecule has 0 aliphatic carbocycles. The van der Waals surface area contributed by atoms with Gasteiger partial charge in [0.2, 0.25) is 5.91 Å². The van der Waals surface area contributed by atoms with Crippen LogP contribution in [0.15, 0.2) is 54.9 Å². The van der Waals surface area contributed by atoms with E-state index in [0.29, 0.717) is 13.1 Å². The standard InChI is InChI=1S/C22H26N6O/c1-17-23-13-15-28(17)21-10-9-20(25-26-21)27-14-5-8-19(16-27)22(29)24-12-11-18-6-3-2-4-7-18/h2-4,6-7,9-10,13,15,19H,5,8,11-12,14,16H2,1H3,(H,24,29). The summed E-state index contributed by atoms with van der Waals surface area (Å²) in [7, 11) is 0. The average Bonchev–Trinajstić information content (AvgIpc) is 3.20. The first-order valence-corrected chi connectivity index (χ1v) is 10.1. The van der Waals surface area contributed by atoms with Gasteiger partial charge in [-0.15, -0.1) is 10.2 Å². The number of carbonyl (C=O) groups excluding carboxylic acids is 1. The molecule has 1 unspecified atom stereocenters. The van der Waals surface area contributed by atoms with Crippen LogP contribution in [0.5, 0.6) is 0 Å². The number of nitrogens with zero attached hydrogens (tertiary/aromatic N) is 5. The Bertz CT molecular complexity index is 937. The fourth-order valence-corrected chi connectivity index (χ4v) is 3.75. The number of amides is 1. The number of nitrogens with one attached hydrogen (secondary N) is 1. The van der Waals surface area contributed by atoms with Gasteiger partial charge >= 0.3 is 0 Å². The van der Waals surface area contributed by atoms with Crippen molar-refractivity contribution in [2.45, 2.75) is 26.2 Å². The van der Waals surface area contributed by atoms with Gasteiger partial charge in [0.25, 0.3) is 0 Å². The molecule has 7 heteroatoms. The number of aryl methyl sites for hydroxylation is 1. The smallest absolute Gasteiger partial charge is 0.224 e. The molecule has 3 aromatic rings. The zero-order chi connectivity index (χ0) is 20.1. The SMILES string of the molecule is Cc1nccn1-c1ccc(N2CCCC(C(=O)NCCc3ccccc3)C2)nn1. The van der Waals surface area contributed by atoms with Gasteiger partial charge in [0.15, 0.2) is 11.6 Å². The second-order valence-electron chi connectivity index (χ2n) is 7.41. The Hall–Kier alpha value is -3.22. The number of anilines is 1. The molecule has 1 aliphatic heterocycles. The summed E-state index contributed by atoms with van der Waals surface area (Å²) in [6, 6.07) is 14.1. The van der Waals surface area contributed by atoms with Crippen molar-refractivity contribution in [3.63, 3.8) is 0 Å². The molecule has 150 valence electrons. The molecule has 29 heavy (non-hydrogen) atoms. The molecule has 1 saturated heterocycles. The summed E-state index contributed by atoms with van der Waals surface area (Å²) in [6.45, 7) is 4.17. The van der Waals surface area contributed by atoms with E-state index in [2.05, 4.69) is 37.5 Å². The molecule has 7 nitrogen and oxygen atoms in total. The Kier molecular flexibility index (Phi) is 5.84. The summed E-state index contributed by atoms with van der Waals surface area (Å²) in [6.07, 6.45) is 6.35. The van der Waals surface area contributed by atoms with Crippen molar-refractivity contribution in [1.29, 1.82) is 0 Å². The number of benzene rings is 1. The van der Waals surface area contributed by atoms with Gasteiger partial charge in [-0.3, -0.25) is 9.36 Å². The van der Waals surface area contributed by atoms with E-state index in [1.165, 1.54) is 5.56 Å². The van der Waals surface area contributed by atoms with Crippen molar-refractivity contribution in [2.24, 2.45) is 5.92 Å². The number of rotatable bonds is 6. The highest BCUT2D eigenvalue weighted by Gasteiger charge is 2.26. The molecule has 3 heterocycles. The molecule has 1 fully saturated rings. The second kappa shape index (κ2) is 8.86. The monoisotopic (exact) mass is 390 g/mol. The zero-order valence-electron chi connectivity index (χ0n) is 16.7. The van der Waals surface area contributed by atoms with Gasteiger partial charge in [0.05, 0.1) is 5.92 Å². The number of hydrogen-bond acceptors (Lipinski definition) is 5. The van der Waals surface area contributed by atoms with E-state index in [1.807, 2.05) is 48.0 Å². The number of carbonyl (C=O) groups is 1. The molecule has 0 spiro atoms. The first kappa shape index (κ1) is 19.1. The number of aromatic nitrogens is 4. The quantitative estimate of drug-likeness (QED) is 0.700. The highest BCUT2D eigenvalue weighted by Crippen LogP contribution is 2.22. The van der Waals surface area contributed by atoms with Crippen molar-refractivity contribution in [2.75, 3.05) is 24.5 Å². The van der Waals surface area contributed by atoms with Gasteiger partial charge in [-0.2, -0.15) is 0 Å². The summed E-state index contributed by atoms with van der Waals surface area (Å²) < 4.78 is 1.90. The molecule has 1 atom stereocenters. The summed E-state index contributed by atoms with van der Waals surface area (Å²) in [5.74, 6) is 2.54. The zero-order valence-corrected chi connectivity index (χ0v) is 16.7. The van der Waals surface area contributed by atoms with Crippen LogP contribution in [0.3, 0.4) is 0 Å². The van der Waals surface area contributed by atoms with E-state index in [4.69, 9.17) is 0 Å². The summed E-state index contributed by atoms with van der Waals surface area (Å²) >= 11 is 0. The van der Waals surface area contributed by atoms with Crippen LogP contribution in [-0.4, -0.2) is 45.3 Å². The molecule has 0 saturated carbocycles. The van der Waals surface area contributed by atoms with E-state index >= 15 is 0 Å². The Labute approximate surface area is 170 Å². The lowest BCUT2D eigenvalue weighted by Gasteiger charge is -2.32. The normalized spacial score (nSPS) is 16.6. The second-order valence-corrected chi connectivity index (χ2v) is 7.41. The van der Waals surface area contributed by atoms with E-state index in [1.54, 1.807) is 6.20 Å². The van der Waals surface area contributed by atoms with Crippen LogP contribution in [0.2, 0.25) is 0 Å². The van der Waals surface area contributed by atoms with Crippen LogP contribution in [0.4, 0.5) is 5.82 Å². The molecule has 1 aliphatic rings. The first-order valence-electron chi connectivity index (χ1n) is 10.1. The van der Waals surface area contributed by atoms with Crippen LogP contribution in [0.25, 0.3) is 5.82 Å². The number of hydrogen-bond donors (Lipinski definition) is 1. The van der Waals surface area contributed by atoms with Gasteiger partial charge in [-0.05, 0) is 43.9 Å². The largest absolute Gasteiger partial charge is 0.355 e. The third-order valence-electron chi connectivity index (χ3n) is 5.38. The van der Waals surface area contributed by atoms with Gasteiger partial charge in [-0.25, -0.2) is 4.98 Å². The molecule has 0 radical (unpaired) electrons. The minimum Gasteiger partial charge on any atom is -0.355 e. The number of piperidine rings is 1. The minimum absolute atomic E-state index is 0.0168. The highest BCUT2D eigenvalue weighted by atomic mass is 16.1. The summed E-state index contributed by atoms with van der Waals surface area (Å²) in [5.41, 5.74) is 1.24. The van der Waals surface area contributed by atoms with E-state index in [0.717, 1.165) is 43.3 Å².